The van der Waals surface area contributed by atoms with E-state index in [1.54, 1.807) is 60.8 Å². The predicted molar refractivity (Wildman–Crippen MR) is 91.7 cm³/mol. The lowest BCUT2D eigenvalue weighted by Gasteiger charge is -2.12. The molecule has 3 aromatic rings. The van der Waals surface area contributed by atoms with E-state index in [9.17, 15) is 5.11 Å². The molecule has 25 heavy (non-hydrogen) atoms. The van der Waals surface area contributed by atoms with E-state index in [0.29, 0.717) is 28.3 Å². The van der Waals surface area contributed by atoms with Crippen LogP contribution in [-0.4, -0.2) is 15.1 Å². The predicted octanol–water partition coefficient (Wildman–Crippen LogP) is 3.05. The number of nitrogens with zero attached hydrogens (tertiary/aromatic N) is 4. The number of benzene rings is 2. The SMILES string of the molecule is N#Cc1ccc(Nc2nccc(C(O)c3ccc(C#N)cc3)n2)cc1. The normalized spacial score (nSPS) is 11.2. The Bertz CT molecular complexity index is 953. The summed E-state index contributed by atoms with van der Waals surface area (Å²) in [6.07, 6.45) is 0.638. The van der Waals surface area contributed by atoms with Gasteiger partial charge in [-0.1, -0.05) is 12.1 Å². The average molecular weight is 327 g/mol. The molecule has 0 radical (unpaired) electrons. The minimum Gasteiger partial charge on any atom is -0.382 e. The van der Waals surface area contributed by atoms with E-state index in [1.807, 2.05) is 6.07 Å². The Morgan fingerprint density at radius 1 is 0.880 bits per heavy atom. The van der Waals surface area contributed by atoms with Gasteiger partial charge in [0.1, 0.15) is 6.10 Å². The van der Waals surface area contributed by atoms with Crippen LogP contribution in [0.4, 0.5) is 11.6 Å². The molecule has 0 aliphatic rings. The number of hydrogen-bond acceptors (Lipinski definition) is 6. The molecule has 0 spiro atoms. The van der Waals surface area contributed by atoms with Crippen molar-refractivity contribution in [1.29, 1.82) is 10.5 Å². The zero-order valence-corrected chi connectivity index (χ0v) is 13.1. The molecule has 1 aromatic heterocycles. The van der Waals surface area contributed by atoms with Gasteiger partial charge in [0.25, 0.3) is 0 Å². The summed E-state index contributed by atoms with van der Waals surface area (Å²) < 4.78 is 0. The van der Waals surface area contributed by atoms with Gasteiger partial charge in [0.05, 0.1) is 29.0 Å². The fraction of sp³-hybridized carbons (Fsp3) is 0.0526. The number of aromatic nitrogens is 2. The van der Waals surface area contributed by atoms with Crippen molar-refractivity contribution >= 4 is 11.6 Å². The summed E-state index contributed by atoms with van der Waals surface area (Å²) in [7, 11) is 0. The molecule has 1 atom stereocenters. The van der Waals surface area contributed by atoms with E-state index in [1.165, 1.54) is 0 Å². The molecular formula is C19H13N5O. The highest BCUT2D eigenvalue weighted by Crippen LogP contribution is 2.22. The second kappa shape index (κ2) is 7.22. The van der Waals surface area contributed by atoms with Crippen molar-refractivity contribution in [3.63, 3.8) is 0 Å². The molecule has 2 N–H and O–H groups in total. The lowest BCUT2D eigenvalue weighted by Crippen LogP contribution is -2.05. The first kappa shape index (κ1) is 16.1. The van der Waals surface area contributed by atoms with Crippen molar-refractivity contribution in [2.45, 2.75) is 6.10 Å². The summed E-state index contributed by atoms with van der Waals surface area (Å²) in [4.78, 5) is 8.47. The van der Waals surface area contributed by atoms with Crippen molar-refractivity contribution in [2.24, 2.45) is 0 Å². The topological polar surface area (TPSA) is 106 Å². The molecule has 120 valence electrons. The molecule has 0 saturated heterocycles. The van der Waals surface area contributed by atoms with E-state index in [4.69, 9.17) is 10.5 Å². The largest absolute Gasteiger partial charge is 0.382 e. The molecular weight excluding hydrogens is 314 g/mol. The summed E-state index contributed by atoms with van der Waals surface area (Å²) in [6, 6.07) is 19.3. The minimum absolute atomic E-state index is 0.343. The highest BCUT2D eigenvalue weighted by molar-refractivity contribution is 5.54. The molecule has 1 heterocycles. The van der Waals surface area contributed by atoms with Crippen molar-refractivity contribution in [3.8, 4) is 12.1 Å². The first-order chi connectivity index (χ1) is 12.2. The number of nitriles is 2. The molecule has 0 amide bonds. The van der Waals surface area contributed by atoms with Crippen LogP contribution in [0.1, 0.15) is 28.5 Å². The summed E-state index contributed by atoms with van der Waals surface area (Å²) in [5, 5.41) is 31.2. The van der Waals surface area contributed by atoms with Crippen LogP contribution in [0.5, 0.6) is 0 Å². The lowest BCUT2D eigenvalue weighted by molar-refractivity contribution is 0.215. The van der Waals surface area contributed by atoms with E-state index >= 15 is 0 Å². The third kappa shape index (κ3) is 3.78. The molecule has 0 saturated carbocycles. The summed E-state index contributed by atoms with van der Waals surface area (Å²) >= 11 is 0. The number of aliphatic hydroxyl groups is 1. The maximum atomic E-state index is 10.5. The Morgan fingerprint density at radius 3 is 2.08 bits per heavy atom. The first-order valence-electron chi connectivity index (χ1n) is 7.48. The van der Waals surface area contributed by atoms with Gasteiger partial charge < -0.3 is 10.4 Å². The Hall–Kier alpha value is -3.74. The zero-order chi connectivity index (χ0) is 17.6. The van der Waals surface area contributed by atoms with E-state index in [-0.39, 0.29) is 0 Å². The summed E-state index contributed by atoms with van der Waals surface area (Å²) in [5.41, 5.74) is 2.92. The number of aliphatic hydroxyl groups excluding tert-OH is 1. The maximum Gasteiger partial charge on any atom is 0.227 e. The van der Waals surface area contributed by atoms with Crippen molar-refractivity contribution in [3.05, 3.63) is 83.2 Å². The van der Waals surface area contributed by atoms with Crippen LogP contribution >= 0.6 is 0 Å². The molecule has 0 fully saturated rings. The van der Waals surface area contributed by atoms with Crippen LogP contribution in [0.25, 0.3) is 0 Å². The van der Waals surface area contributed by atoms with E-state index < -0.39 is 6.10 Å². The zero-order valence-electron chi connectivity index (χ0n) is 13.1. The fourth-order valence-corrected chi connectivity index (χ4v) is 2.25. The summed E-state index contributed by atoms with van der Waals surface area (Å²) in [5.74, 6) is 0.343. The van der Waals surface area contributed by atoms with E-state index in [2.05, 4.69) is 21.4 Å². The van der Waals surface area contributed by atoms with Gasteiger partial charge in [-0.3, -0.25) is 0 Å². The molecule has 2 aromatic carbocycles. The summed E-state index contributed by atoms with van der Waals surface area (Å²) in [6.45, 7) is 0. The molecule has 0 aliphatic heterocycles. The van der Waals surface area contributed by atoms with Crippen molar-refractivity contribution in [2.75, 3.05) is 5.32 Å². The number of hydrogen-bond donors (Lipinski definition) is 2. The molecule has 0 aliphatic carbocycles. The Morgan fingerprint density at radius 2 is 1.48 bits per heavy atom. The monoisotopic (exact) mass is 327 g/mol. The van der Waals surface area contributed by atoms with Gasteiger partial charge in [0, 0.05) is 11.9 Å². The van der Waals surface area contributed by atoms with Gasteiger partial charge in [-0.2, -0.15) is 10.5 Å². The molecule has 0 bridgehead atoms. The van der Waals surface area contributed by atoms with Crippen LogP contribution in [0.2, 0.25) is 0 Å². The minimum atomic E-state index is -0.919. The Balaban J connectivity index is 1.80. The van der Waals surface area contributed by atoms with Crippen LogP contribution in [0, 0.1) is 22.7 Å². The highest BCUT2D eigenvalue weighted by Gasteiger charge is 2.13. The number of anilines is 2. The third-order valence-electron chi connectivity index (χ3n) is 3.58. The van der Waals surface area contributed by atoms with Crippen molar-refractivity contribution in [1.82, 2.24) is 9.97 Å². The average Bonchev–Trinajstić information content (AvgIpc) is 2.68. The number of rotatable bonds is 4. The van der Waals surface area contributed by atoms with Gasteiger partial charge in [0.15, 0.2) is 0 Å². The van der Waals surface area contributed by atoms with Crippen LogP contribution in [0.15, 0.2) is 60.8 Å². The van der Waals surface area contributed by atoms with Gasteiger partial charge in [-0.15, -0.1) is 0 Å². The Labute approximate surface area is 144 Å². The third-order valence-corrected chi connectivity index (χ3v) is 3.58. The highest BCUT2D eigenvalue weighted by atomic mass is 16.3. The smallest absolute Gasteiger partial charge is 0.227 e. The second-order valence-corrected chi connectivity index (χ2v) is 5.26. The lowest BCUT2D eigenvalue weighted by atomic mass is 10.0. The van der Waals surface area contributed by atoms with Crippen LogP contribution < -0.4 is 5.32 Å². The molecule has 3 rings (SSSR count). The van der Waals surface area contributed by atoms with Gasteiger partial charge in [-0.05, 0) is 48.0 Å². The van der Waals surface area contributed by atoms with Crippen molar-refractivity contribution < 1.29 is 5.11 Å². The maximum absolute atomic E-state index is 10.5. The fourth-order valence-electron chi connectivity index (χ4n) is 2.25. The van der Waals surface area contributed by atoms with Gasteiger partial charge in [-0.25, -0.2) is 9.97 Å². The number of nitrogens with one attached hydrogen (secondary N) is 1. The van der Waals surface area contributed by atoms with Gasteiger partial charge >= 0.3 is 0 Å². The van der Waals surface area contributed by atoms with E-state index in [0.717, 1.165) is 5.69 Å². The molecule has 1 unspecified atom stereocenters. The quantitative estimate of drug-likeness (QED) is 0.763. The van der Waals surface area contributed by atoms with Crippen LogP contribution in [-0.2, 0) is 0 Å². The molecule has 6 nitrogen and oxygen atoms in total. The first-order valence-corrected chi connectivity index (χ1v) is 7.48. The molecule has 6 heteroatoms. The van der Waals surface area contributed by atoms with Gasteiger partial charge in [0.2, 0.25) is 5.95 Å². The van der Waals surface area contributed by atoms with Crippen LogP contribution in [0.3, 0.4) is 0 Å². The second-order valence-electron chi connectivity index (χ2n) is 5.26. The standard InChI is InChI=1S/C19H13N5O/c20-11-13-1-5-15(6-2-13)18(25)17-9-10-22-19(24-17)23-16-7-3-14(12-21)4-8-16/h1-10,18,25H,(H,22,23,24). The Kier molecular flexibility index (Phi) is 4.66.